The zero-order valence-electron chi connectivity index (χ0n) is 21.1. The molecule has 1 N–H and O–H groups in total. The molecule has 1 atom stereocenters. The minimum absolute atomic E-state index is 0.112. The number of methoxy groups -OCH3 is 2. The van der Waals surface area contributed by atoms with Crippen LogP contribution in [-0.2, 0) is 12.8 Å². The molecule has 1 aliphatic heterocycles. The lowest BCUT2D eigenvalue weighted by Crippen LogP contribution is -2.31. The maximum Gasteiger partial charge on any atom is 0.161 e. The third kappa shape index (κ3) is 5.47. The predicted molar refractivity (Wildman–Crippen MR) is 150 cm³/mol. The Kier molecular flexibility index (Phi) is 7.98. The van der Waals surface area contributed by atoms with E-state index >= 15 is 0 Å². The molecule has 5 rings (SSSR count). The Balaban J connectivity index is 1.49. The van der Waals surface area contributed by atoms with Gasteiger partial charge < -0.3 is 19.2 Å². The number of hydrogen-bond donors (Lipinski definition) is 1. The van der Waals surface area contributed by atoms with Gasteiger partial charge in [-0.05, 0) is 119 Å². The first-order valence-corrected chi connectivity index (χ1v) is 13.9. The fourth-order valence-electron chi connectivity index (χ4n) is 4.98. The highest BCUT2D eigenvalue weighted by atomic mass is 79.9. The molecule has 5 nitrogen and oxygen atoms in total. The SMILES string of the molecule is CCOc1cc2c(cc1OC)CCN(Sc1ccc(Br)c(F)c1)C2CCc1c[nH]c2ccc(OC)cc12. The van der Waals surface area contributed by atoms with Crippen molar-refractivity contribution in [1.29, 1.82) is 0 Å². The predicted octanol–water partition coefficient (Wildman–Crippen LogP) is 7.72. The van der Waals surface area contributed by atoms with Gasteiger partial charge in [0.05, 0.1) is 25.3 Å². The first kappa shape index (κ1) is 25.9. The summed E-state index contributed by atoms with van der Waals surface area (Å²) in [4.78, 5) is 4.27. The monoisotopic (exact) mass is 584 g/mol. The summed E-state index contributed by atoms with van der Waals surface area (Å²) in [6.45, 7) is 3.39. The molecule has 1 aromatic heterocycles. The fourth-order valence-corrected chi connectivity index (χ4v) is 6.31. The molecule has 8 heteroatoms. The van der Waals surface area contributed by atoms with Gasteiger partial charge in [0, 0.05) is 34.6 Å². The first-order chi connectivity index (χ1) is 18.0. The number of ether oxygens (including phenoxy) is 3. The van der Waals surface area contributed by atoms with Gasteiger partial charge in [0.1, 0.15) is 11.6 Å². The lowest BCUT2D eigenvalue weighted by molar-refractivity contribution is 0.299. The number of nitrogens with one attached hydrogen (secondary N) is 1. The molecule has 0 amide bonds. The van der Waals surface area contributed by atoms with Crippen LogP contribution in [0.1, 0.15) is 36.1 Å². The number of aryl methyl sites for hydroxylation is 1. The topological polar surface area (TPSA) is 46.7 Å². The van der Waals surface area contributed by atoms with Gasteiger partial charge >= 0.3 is 0 Å². The Morgan fingerprint density at radius 2 is 1.95 bits per heavy atom. The van der Waals surface area contributed by atoms with E-state index in [4.69, 9.17) is 14.2 Å². The van der Waals surface area contributed by atoms with Crippen molar-refractivity contribution in [3.8, 4) is 17.2 Å². The number of aromatic amines is 1. The molecular formula is C29H30BrFN2O3S. The number of benzene rings is 3. The van der Waals surface area contributed by atoms with Crippen molar-refractivity contribution in [2.24, 2.45) is 0 Å². The van der Waals surface area contributed by atoms with Crippen LogP contribution in [0.15, 0.2) is 64.1 Å². The van der Waals surface area contributed by atoms with Crippen LogP contribution in [0.5, 0.6) is 17.2 Å². The fraction of sp³-hybridized carbons (Fsp3) is 0.310. The summed E-state index contributed by atoms with van der Waals surface area (Å²) < 4.78 is 34.2. The molecule has 0 spiro atoms. The van der Waals surface area contributed by atoms with E-state index in [1.54, 1.807) is 38.3 Å². The number of fused-ring (bicyclic) bond motifs is 2. The van der Waals surface area contributed by atoms with Gasteiger partial charge in [0.2, 0.25) is 0 Å². The van der Waals surface area contributed by atoms with Crippen molar-refractivity contribution in [3.05, 3.63) is 81.7 Å². The van der Waals surface area contributed by atoms with Crippen molar-refractivity contribution in [2.45, 2.75) is 37.1 Å². The van der Waals surface area contributed by atoms with E-state index < -0.39 is 0 Å². The Morgan fingerprint density at radius 1 is 1.08 bits per heavy atom. The standard InChI is InChI=1S/C29H30BrFN2O3S/c1-4-36-29-16-23-18(13-28(29)35-3)11-12-33(37-21-7-8-24(30)25(31)15-21)27(23)10-5-19-17-32-26-9-6-20(34-2)14-22(19)26/h6-9,13-17,27,32H,4-5,10-12H2,1-3H3. The molecule has 3 aromatic carbocycles. The Morgan fingerprint density at radius 3 is 2.70 bits per heavy atom. The van der Waals surface area contributed by atoms with Crippen LogP contribution in [0.25, 0.3) is 10.9 Å². The second kappa shape index (κ2) is 11.4. The van der Waals surface area contributed by atoms with Gasteiger partial charge in [-0.15, -0.1) is 0 Å². The largest absolute Gasteiger partial charge is 0.497 e. The highest BCUT2D eigenvalue weighted by Crippen LogP contribution is 2.44. The molecule has 4 aromatic rings. The van der Waals surface area contributed by atoms with E-state index in [1.807, 2.05) is 19.1 Å². The number of H-pyrrole nitrogens is 1. The molecule has 37 heavy (non-hydrogen) atoms. The number of halogens is 2. The summed E-state index contributed by atoms with van der Waals surface area (Å²) in [6, 6.07) is 15.8. The van der Waals surface area contributed by atoms with E-state index in [-0.39, 0.29) is 11.9 Å². The third-order valence-corrected chi connectivity index (χ3v) is 8.59. The maximum atomic E-state index is 14.3. The second-order valence-electron chi connectivity index (χ2n) is 8.97. The van der Waals surface area contributed by atoms with Gasteiger partial charge in [-0.1, -0.05) is 0 Å². The molecular weight excluding hydrogens is 555 g/mol. The average Bonchev–Trinajstić information content (AvgIpc) is 3.32. The smallest absolute Gasteiger partial charge is 0.161 e. The van der Waals surface area contributed by atoms with Gasteiger partial charge in [-0.3, -0.25) is 0 Å². The van der Waals surface area contributed by atoms with E-state index in [2.05, 4.69) is 55.7 Å². The number of rotatable bonds is 9. The first-order valence-electron chi connectivity index (χ1n) is 12.4. The normalized spacial score (nSPS) is 15.5. The minimum atomic E-state index is -0.255. The van der Waals surface area contributed by atoms with Crippen LogP contribution < -0.4 is 14.2 Å². The zero-order chi connectivity index (χ0) is 25.9. The molecule has 0 saturated heterocycles. The van der Waals surface area contributed by atoms with Gasteiger partial charge in [-0.2, -0.15) is 0 Å². The number of nitrogens with zero attached hydrogens (tertiary/aromatic N) is 1. The minimum Gasteiger partial charge on any atom is -0.497 e. The zero-order valence-corrected chi connectivity index (χ0v) is 23.5. The van der Waals surface area contributed by atoms with Crippen molar-refractivity contribution < 1.29 is 18.6 Å². The molecule has 0 aliphatic carbocycles. The average molecular weight is 586 g/mol. The van der Waals surface area contributed by atoms with Crippen LogP contribution in [0.2, 0.25) is 0 Å². The second-order valence-corrected chi connectivity index (χ2v) is 11.0. The number of hydrogen-bond acceptors (Lipinski definition) is 5. The van der Waals surface area contributed by atoms with Crippen molar-refractivity contribution >= 4 is 38.8 Å². The summed E-state index contributed by atoms with van der Waals surface area (Å²) in [5, 5.41) is 1.18. The highest BCUT2D eigenvalue weighted by Gasteiger charge is 2.30. The summed E-state index contributed by atoms with van der Waals surface area (Å²) in [5.41, 5.74) is 4.85. The lowest BCUT2D eigenvalue weighted by Gasteiger charge is -2.37. The Hall–Kier alpha value is -2.68. The third-order valence-electron chi connectivity index (χ3n) is 6.81. The van der Waals surface area contributed by atoms with Gasteiger partial charge in [0.15, 0.2) is 11.5 Å². The van der Waals surface area contributed by atoms with Crippen LogP contribution in [0, 0.1) is 5.82 Å². The van der Waals surface area contributed by atoms with E-state index in [9.17, 15) is 4.39 Å². The molecule has 1 aliphatic rings. The van der Waals surface area contributed by atoms with Crippen LogP contribution in [0.3, 0.4) is 0 Å². The van der Waals surface area contributed by atoms with Gasteiger partial charge in [0.25, 0.3) is 0 Å². The molecule has 194 valence electrons. The molecule has 2 heterocycles. The lowest BCUT2D eigenvalue weighted by atomic mass is 9.90. The van der Waals surface area contributed by atoms with Crippen LogP contribution in [0.4, 0.5) is 4.39 Å². The van der Waals surface area contributed by atoms with Gasteiger partial charge in [-0.25, -0.2) is 8.70 Å². The Bertz CT molecular complexity index is 1410. The summed E-state index contributed by atoms with van der Waals surface area (Å²) in [6.07, 6.45) is 4.74. The molecule has 0 saturated carbocycles. The van der Waals surface area contributed by atoms with Crippen molar-refractivity contribution in [1.82, 2.24) is 9.29 Å². The summed E-state index contributed by atoms with van der Waals surface area (Å²) in [7, 11) is 3.37. The molecule has 0 bridgehead atoms. The summed E-state index contributed by atoms with van der Waals surface area (Å²) in [5.74, 6) is 2.11. The van der Waals surface area contributed by atoms with E-state index in [0.717, 1.165) is 53.5 Å². The molecule has 0 fully saturated rings. The molecule has 0 radical (unpaired) electrons. The highest BCUT2D eigenvalue weighted by molar-refractivity contribution is 9.10. The maximum absolute atomic E-state index is 14.3. The molecule has 1 unspecified atom stereocenters. The van der Waals surface area contributed by atoms with E-state index in [1.165, 1.54) is 22.1 Å². The van der Waals surface area contributed by atoms with Crippen LogP contribution in [-0.4, -0.2) is 36.7 Å². The van der Waals surface area contributed by atoms with Crippen LogP contribution >= 0.6 is 27.9 Å². The van der Waals surface area contributed by atoms with E-state index in [0.29, 0.717) is 11.1 Å². The quantitative estimate of drug-likeness (QED) is 0.204. The van der Waals surface area contributed by atoms with Crippen molar-refractivity contribution in [2.75, 3.05) is 27.4 Å². The van der Waals surface area contributed by atoms with Crippen molar-refractivity contribution in [3.63, 3.8) is 0 Å². The Labute approximate surface area is 229 Å². The number of aromatic nitrogens is 1. The summed E-state index contributed by atoms with van der Waals surface area (Å²) >= 11 is 4.87.